The smallest absolute Gasteiger partial charge is 0.270 e. The van der Waals surface area contributed by atoms with Gasteiger partial charge in [-0.3, -0.25) is 9.59 Å². The van der Waals surface area contributed by atoms with Crippen LogP contribution >= 0.6 is 27.3 Å². The largest absolute Gasteiger partial charge is 0.351 e. The molecule has 1 aliphatic rings. The van der Waals surface area contributed by atoms with Crippen LogP contribution in [-0.4, -0.2) is 36.2 Å². The van der Waals surface area contributed by atoms with E-state index in [-0.39, 0.29) is 18.1 Å². The molecule has 1 aliphatic heterocycles. The van der Waals surface area contributed by atoms with Gasteiger partial charge in [0.25, 0.3) is 5.91 Å². The van der Waals surface area contributed by atoms with Crippen LogP contribution in [0.3, 0.4) is 0 Å². The first-order valence-corrected chi connectivity index (χ1v) is 10.3. The summed E-state index contributed by atoms with van der Waals surface area (Å²) in [7, 11) is 0. The van der Waals surface area contributed by atoms with E-state index in [4.69, 9.17) is 9.57 Å². The summed E-state index contributed by atoms with van der Waals surface area (Å²) in [5, 5.41) is 4.56. The van der Waals surface area contributed by atoms with E-state index in [0.717, 1.165) is 44.9 Å². The van der Waals surface area contributed by atoms with Crippen LogP contribution in [0.2, 0.25) is 0 Å². The predicted octanol–water partition coefficient (Wildman–Crippen LogP) is 3.16. The van der Waals surface area contributed by atoms with Gasteiger partial charge in [0.15, 0.2) is 10.2 Å². The lowest BCUT2D eigenvalue weighted by atomic mass is 10.1. The third-order valence-electron chi connectivity index (χ3n) is 3.77. The zero-order chi connectivity index (χ0) is 17.9. The van der Waals surface area contributed by atoms with Crippen molar-refractivity contribution in [1.82, 2.24) is 15.8 Å². The Hall–Kier alpha value is -1.03. The summed E-state index contributed by atoms with van der Waals surface area (Å²) in [6.45, 7) is 1.30. The number of ether oxygens (including phenoxy) is 1. The van der Waals surface area contributed by atoms with Crippen molar-refractivity contribution in [3.8, 4) is 0 Å². The van der Waals surface area contributed by atoms with Crippen LogP contribution in [0.25, 0.3) is 0 Å². The normalized spacial score (nSPS) is 17.2. The number of nitrogens with zero attached hydrogens (tertiary/aromatic N) is 1. The molecule has 0 saturated carbocycles. The SMILES string of the molecule is O=C(CCCCCCNC(=O)c1csc(Br)n1)NOC1CCCCO1. The number of aromatic nitrogens is 1. The number of thiazole rings is 1. The Labute approximate surface area is 160 Å². The molecule has 0 radical (unpaired) electrons. The Morgan fingerprint density at radius 2 is 2.16 bits per heavy atom. The van der Waals surface area contributed by atoms with E-state index < -0.39 is 0 Å². The predicted molar refractivity (Wildman–Crippen MR) is 98.1 cm³/mol. The number of unbranched alkanes of at least 4 members (excludes halogenated alkanes) is 3. The molecule has 2 N–H and O–H groups in total. The lowest BCUT2D eigenvalue weighted by Gasteiger charge is -2.22. The van der Waals surface area contributed by atoms with Gasteiger partial charge in [-0.25, -0.2) is 15.3 Å². The minimum Gasteiger partial charge on any atom is -0.351 e. The topological polar surface area (TPSA) is 89.6 Å². The molecular weight excluding hydrogens is 410 g/mol. The van der Waals surface area contributed by atoms with E-state index in [2.05, 4.69) is 31.7 Å². The highest BCUT2D eigenvalue weighted by atomic mass is 79.9. The van der Waals surface area contributed by atoms with Gasteiger partial charge in [0.2, 0.25) is 5.91 Å². The molecule has 0 aromatic carbocycles. The summed E-state index contributed by atoms with van der Waals surface area (Å²) in [4.78, 5) is 32.7. The van der Waals surface area contributed by atoms with E-state index in [1.807, 2.05) is 0 Å². The van der Waals surface area contributed by atoms with Crippen molar-refractivity contribution in [2.24, 2.45) is 0 Å². The fraction of sp³-hybridized carbons (Fsp3) is 0.688. The van der Waals surface area contributed by atoms with Crippen LogP contribution in [-0.2, 0) is 14.4 Å². The number of hydrogen-bond donors (Lipinski definition) is 2. The first kappa shape index (κ1) is 20.3. The van der Waals surface area contributed by atoms with Crippen molar-refractivity contribution in [3.05, 3.63) is 15.0 Å². The third-order valence-corrected chi connectivity index (χ3v) is 5.13. The summed E-state index contributed by atoms with van der Waals surface area (Å²) in [5.74, 6) is -0.264. The lowest BCUT2D eigenvalue weighted by Crippen LogP contribution is -2.32. The summed E-state index contributed by atoms with van der Waals surface area (Å²) in [6, 6.07) is 0. The quantitative estimate of drug-likeness (QED) is 0.436. The Balaban J connectivity index is 1.42. The van der Waals surface area contributed by atoms with Crippen molar-refractivity contribution < 1.29 is 19.2 Å². The second-order valence-corrected chi connectivity index (χ2v) is 7.98. The fourth-order valence-electron chi connectivity index (χ4n) is 2.40. The van der Waals surface area contributed by atoms with Gasteiger partial charge >= 0.3 is 0 Å². The number of rotatable bonds is 10. The highest BCUT2D eigenvalue weighted by Crippen LogP contribution is 2.15. The van der Waals surface area contributed by atoms with E-state index in [0.29, 0.717) is 29.2 Å². The molecular formula is C16H24BrN3O4S. The summed E-state index contributed by atoms with van der Waals surface area (Å²) in [6.07, 6.45) is 6.65. The lowest BCUT2D eigenvalue weighted by molar-refractivity contribution is -0.200. The molecule has 2 amide bonds. The Bertz CT molecular complexity index is 549. The maximum atomic E-state index is 11.8. The van der Waals surface area contributed by atoms with Crippen molar-refractivity contribution in [2.45, 2.75) is 57.7 Å². The minimum absolute atomic E-state index is 0.114. The first-order valence-electron chi connectivity index (χ1n) is 8.60. The molecule has 2 heterocycles. The molecule has 1 aromatic rings. The molecule has 1 unspecified atom stereocenters. The van der Waals surface area contributed by atoms with Crippen molar-refractivity contribution >= 4 is 39.1 Å². The number of halogens is 1. The average Bonchev–Trinajstić information content (AvgIpc) is 3.06. The van der Waals surface area contributed by atoms with E-state index in [1.54, 1.807) is 5.38 Å². The van der Waals surface area contributed by atoms with E-state index >= 15 is 0 Å². The zero-order valence-electron chi connectivity index (χ0n) is 14.1. The molecule has 1 saturated heterocycles. The van der Waals surface area contributed by atoms with Gasteiger partial charge in [-0.2, -0.15) is 0 Å². The summed E-state index contributed by atoms with van der Waals surface area (Å²) >= 11 is 4.62. The first-order chi connectivity index (χ1) is 12.1. The molecule has 1 aromatic heterocycles. The highest BCUT2D eigenvalue weighted by Gasteiger charge is 2.15. The van der Waals surface area contributed by atoms with Crippen LogP contribution in [0.5, 0.6) is 0 Å². The van der Waals surface area contributed by atoms with Gasteiger partial charge in [-0.1, -0.05) is 12.8 Å². The Morgan fingerprint density at radius 1 is 1.32 bits per heavy atom. The number of carbonyl (C=O) groups excluding carboxylic acids is 2. The second-order valence-electron chi connectivity index (χ2n) is 5.85. The van der Waals surface area contributed by atoms with Crippen molar-refractivity contribution in [2.75, 3.05) is 13.2 Å². The van der Waals surface area contributed by atoms with Gasteiger partial charge in [0.1, 0.15) is 5.69 Å². The molecule has 0 bridgehead atoms. The third kappa shape index (κ3) is 8.26. The number of hydroxylamine groups is 1. The van der Waals surface area contributed by atoms with Crippen LogP contribution < -0.4 is 10.8 Å². The number of amides is 2. The molecule has 0 spiro atoms. The Kier molecular flexibility index (Phi) is 9.38. The van der Waals surface area contributed by atoms with E-state index in [9.17, 15) is 9.59 Å². The summed E-state index contributed by atoms with van der Waals surface area (Å²) in [5.41, 5.74) is 2.90. The number of carbonyl (C=O) groups is 2. The van der Waals surface area contributed by atoms with Crippen molar-refractivity contribution in [3.63, 3.8) is 0 Å². The maximum absolute atomic E-state index is 11.8. The standard InChI is InChI=1S/C16H24BrN3O4S/c17-16-19-12(11-25-16)15(22)18-9-5-2-1-3-7-13(21)20-24-14-8-4-6-10-23-14/h11,14H,1-10H2,(H,18,22)(H,20,21). The van der Waals surface area contributed by atoms with Crippen LogP contribution in [0.1, 0.15) is 61.9 Å². The zero-order valence-corrected chi connectivity index (χ0v) is 16.5. The number of nitrogens with one attached hydrogen (secondary N) is 2. The Morgan fingerprint density at radius 3 is 2.88 bits per heavy atom. The van der Waals surface area contributed by atoms with Crippen LogP contribution in [0.15, 0.2) is 9.30 Å². The monoisotopic (exact) mass is 433 g/mol. The molecule has 7 nitrogen and oxygen atoms in total. The fourth-order valence-corrected chi connectivity index (χ4v) is 3.39. The number of hydrogen-bond acceptors (Lipinski definition) is 6. The molecule has 0 aliphatic carbocycles. The van der Waals surface area contributed by atoms with Gasteiger partial charge in [-0.15, -0.1) is 11.3 Å². The van der Waals surface area contributed by atoms with Crippen LogP contribution in [0.4, 0.5) is 0 Å². The van der Waals surface area contributed by atoms with Gasteiger partial charge in [-0.05, 0) is 41.6 Å². The molecule has 25 heavy (non-hydrogen) atoms. The summed E-state index contributed by atoms with van der Waals surface area (Å²) < 4.78 is 6.08. The van der Waals surface area contributed by atoms with Gasteiger partial charge in [0, 0.05) is 31.4 Å². The minimum atomic E-state index is -0.306. The average molecular weight is 434 g/mol. The van der Waals surface area contributed by atoms with Gasteiger partial charge < -0.3 is 10.1 Å². The van der Waals surface area contributed by atoms with Crippen molar-refractivity contribution in [1.29, 1.82) is 0 Å². The highest BCUT2D eigenvalue weighted by molar-refractivity contribution is 9.11. The van der Waals surface area contributed by atoms with E-state index in [1.165, 1.54) is 11.3 Å². The van der Waals surface area contributed by atoms with Crippen LogP contribution in [0, 0.1) is 0 Å². The molecule has 140 valence electrons. The molecule has 1 fully saturated rings. The molecule has 2 rings (SSSR count). The second kappa shape index (κ2) is 11.6. The molecule has 9 heteroatoms. The molecule has 1 atom stereocenters. The maximum Gasteiger partial charge on any atom is 0.270 e. The van der Waals surface area contributed by atoms with Gasteiger partial charge in [0.05, 0.1) is 0 Å².